The van der Waals surface area contributed by atoms with Crippen LogP contribution in [0.5, 0.6) is 0 Å². The number of rotatable bonds is 6. The molecular formula is C61H44N2O2. The van der Waals surface area contributed by atoms with Crippen molar-refractivity contribution in [1.82, 2.24) is 0 Å². The molecule has 0 spiro atoms. The molecule has 0 fully saturated rings. The highest BCUT2D eigenvalue weighted by atomic mass is 16.3. The Hall–Kier alpha value is -8.08. The fourth-order valence-corrected chi connectivity index (χ4v) is 11.0. The van der Waals surface area contributed by atoms with Crippen LogP contribution in [0.2, 0.25) is 0 Å². The highest BCUT2D eigenvalue weighted by Crippen LogP contribution is 2.57. The number of nitrogens with zero attached hydrogens (tertiary/aromatic N) is 2. The molecule has 0 unspecified atom stereocenters. The van der Waals surface area contributed by atoms with Gasteiger partial charge in [0.1, 0.15) is 11.2 Å². The van der Waals surface area contributed by atoms with Gasteiger partial charge in [0.2, 0.25) is 0 Å². The van der Waals surface area contributed by atoms with Crippen LogP contribution in [0.4, 0.5) is 34.1 Å². The SMILES string of the molecule is Cc1cccc(N(c2ccc3c4c(ccc3c2)-c2c(cc(N(c3cccc(C)c3)c3cccc5c3oc3ccccc35)c3ccccc23)C4(C)C)c2cccc3c2oc2ccccc23)c1. The van der Waals surface area contributed by atoms with Crippen LogP contribution in [0.25, 0.3) is 76.5 Å². The Morgan fingerprint density at radius 1 is 0.385 bits per heavy atom. The molecule has 2 aromatic heterocycles. The van der Waals surface area contributed by atoms with E-state index in [1.807, 2.05) is 12.1 Å². The molecule has 310 valence electrons. The molecule has 65 heavy (non-hydrogen) atoms. The Bertz CT molecular complexity index is 3920. The van der Waals surface area contributed by atoms with Gasteiger partial charge in [-0.1, -0.05) is 141 Å². The monoisotopic (exact) mass is 836 g/mol. The van der Waals surface area contributed by atoms with Gasteiger partial charge >= 0.3 is 0 Å². The maximum atomic E-state index is 6.76. The Morgan fingerprint density at radius 2 is 0.908 bits per heavy atom. The molecule has 2 heterocycles. The second-order valence-corrected chi connectivity index (χ2v) is 18.2. The summed E-state index contributed by atoms with van der Waals surface area (Å²) in [6.07, 6.45) is 0. The summed E-state index contributed by atoms with van der Waals surface area (Å²) in [5.74, 6) is 0. The van der Waals surface area contributed by atoms with E-state index in [-0.39, 0.29) is 5.41 Å². The lowest BCUT2D eigenvalue weighted by Crippen LogP contribution is -2.17. The normalized spacial score (nSPS) is 13.0. The van der Waals surface area contributed by atoms with Gasteiger partial charge in [0, 0.05) is 49.4 Å². The number of hydrogen-bond acceptors (Lipinski definition) is 4. The summed E-state index contributed by atoms with van der Waals surface area (Å²) in [5.41, 5.74) is 17.2. The van der Waals surface area contributed by atoms with Crippen LogP contribution in [-0.4, -0.2) is 0 Å². The van der Waals surface area contributed by atoms with Crippen LogP contribution < -0.4 is 9.80 Å². The molecule has 4 nitrogen and oxygen atoms in total. The number of aryl methyl sites for hydroxylation is 2. The zero-order chi connectivity index (χ0) is 43.6. The zero-order valence-corrected chi connectivity index (χ0v) is 36.7. The minimum atomic E-state index is -0.329. The largest absolute Gasteiger partial charge is 0.454 e. The molecule has 0 radical (unpaired) electrons. The average Bonchev–Trinajstić information content (AvgIpc) is 3.98. The summed E-state index contributed by atoms with van der Waals surface area (Å²) in [6.45, 7) is 9.13. The highest BCUT2D eigenvalue weighted by molar-refractivity contribution is 6.16. The molecule has 0 atom stereocenters. The third-order valence-electron chi connectivity index (χ3n) is 13.9. The van der Waals surface area contributed by atoms with E-state index < -0.39 is 0 Å². The molecule has 0 bridgehead atoms. The fourth-order valence-electron chi connectivity index (χ4n) is 11.0. The molecule has 1 aliphatic carbocycles. The smallest absolute Gasteiger partial charge is 0.159 e. The molecule has 0 saturated carbocycles. The minimum Gasteiger partial charge on any atom is -0.454 e. The van der Waals surface area contributed by atoms with Crippen molar-refractivity contribution in [3.05, 3.63) is 216 Å². The number of anilines is 6. The Kier molecular flexibility index (Phi) is 8.05. The van der Waals surface area contributed by atoms with Gasteiger partial charge in [-0.3, -0.25) is 0 Å². The predicted molar refractivity (Wildman–Crippen MR) is 272 cm³/mol. The van der Waals surface area contributed by atoms with Gasteiger partial charge in [-0.2, -0.15) is 0 Å². The summed E-state index contributed by atoms with van der Waals surface area (Å²) in [6, 6.07) is 70.4. The average molecular weight is 837 g/mol. The topological polar surface area (TPSA) is 32.8 Å². The maximum absolute atomic E-state index is 6.76. The second-order valence-electron chi connectivity index (χ2n) is 18.2. The molecule has 0 aliphatic heterocycles. The van der Waals surface area contributed by atoms with Gasteiger partial charge in [-0.05, 0) is 130 Å². The summed E-state index contributed by atoms with van der Waals surface area (Å²) in [4.78, 5) is 4.78. The Labute approximate surface area is 377 Å². The van der Waals surface area contributed by atoms with Gasteiger partial charge in [-0.15, -0.1) is 0 Å². The Balaban J connectivity index is 1.01. The summed E-state index contributed by atoms with van der Waals surface area (Å²) >= 11 is 0. The van der Waals surface area contributed by atoms with E-state index >= 15 is 0 Å². The van der Waals surface area contributed by atoms with E-state index in [1.165, 1.54) is 54.9 Å². The van der Waals surface area contributed by atoms with Crippen molar-refractivity contribution in [3.8, 4) is 11.1 Å². The summed E-state index contributed by atoms with van der Waals surface area (Å²) < 4.78 is 13.4. The molecule has 13 rings (SSSR count). The quantitative estimate of drug-likeness (QED) is 0.167. The van der Waals surface area contributed by atoms with E-state index in [4.69, 9.17) is 8.83 Å². The first kappa shape index (κ1) is 37.5. The number of hydrogen-bond donors (Lipinski definition) is 0. The van der Waals surface area contributed by atoms with Gasteiger partial charge in [0.25, 0.3) is 0 Å². The van der Waals surface area contributed by atoms with Crippen molar-refractivity contribution in [1.29, 1.82) is 0 Å². The molecule has 1 aliphatic rings. The number of para-hydroxylation sites is 4. The van der Waals surface area contributed by atoms with Crippen LogP contribution in [0.1, 0.15) is 36.1 Å². The highest BCUT2D eigenvalue weighted by Gasteiger charge is 2.39. The third kappa shape index (κ3) is 5.57. The van der Waals surface area contributed by atoms with Crippen molar-refractivity contribution in [2.75, 3.05) is 9.80 Å². The zero-order valence-electron chi connectivity index (χ0n) is 36.7. The fraction of sp³-hybridized carbons (Fsp3) is 0.0820. The standard InChI is InChI=1S/C61H44N2O2/c1-37-15-11-17-40(33-37)62(52-25-13-23-48-45-20-7-9-27-55(45)64-59(48)52)42-30-32-43-39(35-42)29-31-50-57-47-22-6-5-19-44(47)54(36-51(57)61(3,4)58(43)50)63(41-18-12-16-38(2)34-41)53-26-14-24-49-46-21-8-10-28-56(46)65-60(49)53/h5-36H,1-4H3. The van der Waals surface area contributed by atoms with Crippen LogP contribution >= 0.6 is 0 Å². The lowest BCUT2D eigenvalue weighted by molar-refractivity contribution is 0.666. The van der Waals surface area contributed by atoms with Crippen LogP contribution in [0.15, 0.2) is 203 Å². The number of furan rings is 2. The van der Waals surface area contributed by atoms with Gasteiger partial charge in [-0.25, -0.2) is 0 Å². The second kappa shape index (κ2) is 14.0. The maximum Gasteiger partial charge on any atom is 0.159 e. The molecule has 12 aromatic rings. The van der Waals surface area contributed by atoms with Crippen molar-refractivity contribution in [2.45, 2.75) is 33.1 Å². The van der Waals surface area contributed by atoms with E-state index in [2.05, 4.69) is 219 Å². The van der Waals surface area contributed by atoms with E-state index in [9.17, 15) is 0 Å². The van der Waals surface area contributed by atoms with Crippen LogP contribution in [-0.2, 0) is 5.41 Å². The van der Waals surface area contributed by atoms with Crippen LogP contribution in [0, 0.1) is 13.8 Å². The third-order valence-corrected chi connectivity index (χ3v) is 13.9. The number of fused-ring (bicyclic) bond motifs is 13. The molecule has 0 amide bonds. The van der Waals surface area contributed by atoms with Gasteiger partial charge in [0.15, 0.2) is 11.2 Å². The first-order valence-corrected chi connectivity index (χ1v) is 22.5. The van der Waals surface area contributed by atoms with Crippen molar-refractivity contribution < 1.29 is 8.83 Å². The van der Waals surface area contributed by atoms with Gasteiger partial charge < -0.3 is 18.6 Å². The van der Waals surface area contributed by atoms with Gasteiger partial charge in [0.05, 0.1) is 17.1 Å². The first-order valence-electron chi connectivity index (χ1n) is 22.5. The van der Waals surface area contributed by atoms with E-state index in [0.29, 0.717) is 0 Å². The van der Waals surface area contributed by atoms with Crippen molar-refractivity contribution in [3.63, 3.8) is 0 Å². The molecular weight excluding hydrogens is 793 g/mol. The van der Waals surface area contributed by atoms with Crippen LogP contribution in [0.3, 0.4) is 0 Å². The first-order chi connectivity index (χ1) is 31.8. The lowest BCUT2D eigenvalue weighted by Gasteiger charge is -2.30. The van der Waals surface area contributed by atoms with E-state index in [1.54, 1.807) is 0 Å². The molecule has 0 saturated heterocycles. The number of benzene rings is 10. The predicted octanol–water partition coefficient (Wildman–Crippen LogP) is 17.7. The Morgan fingerprint density at radius 3 is 1.54 bits per heavy atom. The van der Waals surface area contributed by atoms with E-state index in [0.717, 1.165) is 78.0 Å². The molecule has 0 N–H and O–H groups in total. The van der Waals surface area contributed by atoms with Crippen molar-refractivity contribution in [2.24, 2.45) is 0 Å². The minimum absolute atomic E-state index is 0.329. The summed E-state index contributed by atoms with van der Waals surface area (Å²) in [5, 5.41) is 9.33. The van der Waals surface area contributed by atoms with Crippen molar-refractivity contribution >= 4 is 99.5 Å². The lowest BCUT2D eigenvalue weighted by atomic mass is 9.79. The summed E-state index contributed by atoms with van der Waals surface area (Å²) in [7, 11) is 0. The molecule has 10 aromatic carbocycles. The molecule has 4 heteroatoms.